The summed E-state index contributed by atoms with van der Waals surface area (Å²) < 4.78 is 10.3. The molecule has 29 N–H and O–H groups in total. The first-order chi connectivity index (χ1) is 65.8. The average Bonchev–Trinajstić information content (AvgIpc) is 0.849. The minimum Gasteiger partial charge on any atom is -0.508 e. The van der Waals surface area contributed by atoms with Crippen LogP contribution in [-0.2, 0) is 184 Å². The summed E-state index contributed by atoms with van der Waals surface area (Å²) in [6.45, 7) is 4.71. The highest BCUT2D eigenvalue weighted by molar-refractivity contribution is 6.01. The molecule has 0 radical (unpaired) electrons. The Balaban J connectivity index is 4.18. The van der Waals surface area contributed by atoms with Gasteiger partial charge in [0.1, 0.15) is 53.0 Å². The lowest BCUT2D eigenvalue weighted by Crippen LogP contribution is -2.59. The van der Waals surface area contributed by atoms with Gasteiger partial charge in [0.15, 0.2) is 17.3 Å². The standard InChI is InChI=1S/C83H127N17O39/c1-43(2)34-58(100-79(123)51(35-45-7-14-52(102)15-8-45)41-66(109)59(42-67(110)111)94-44(3)101)65(108)39-49(12-24-71(115)133-87)63(106)37-47(10-22-69(113)131-85)61(104)36-46(9-21-68(112)130-84)62(105)38-48(11-23-70(114)132-86)64(107)40-50(13-25-72(116)134-88)78(122)96-54(17-27-74(118)136-90)81(125)98-56(19-29-76(120)138-92)83(127)99-57(20-30-77(121)139-93)82(126)97-55(18-28-75(119)137-91)80(124)95-53(16-26-73(117)135-89)60(103)6-5-31-129-33-32-128-4/h7-8,14-15,43,46-51,53-59,102H,5-6,9-13,16-42,84-93H2,1-4H3,(H,94,101)(H,95,124)(H,96,122)(H,97,126)(H,98,125)(H,99,127)(H,100,123)(H,110,111)/t46-,47-,48-,49-,50-,51-,53-,54-,55-,56-,57-,58-,59+/m1/s1. The number of hydrogen-bond donors (Lipinski definition) is 19. The number of benzene rings is 1. The van der Waals surface area contributed by atoms with Crippen LogP contribution in [0.1, 0.15) is 219 Å². The van der Waals surface area contributed by atoms with Gasteiger partial charge in [0, 0.05) is 165 Å². The molecule has 778 valence electrons. The van der Waals surface area contributed by atoms with E-state index >= 15 is 9.59 Å². The third-order valence-electron chi connectivity index (χ3n) is 21.6. The van der Waals surface area contributed by atoms with Gasteiger partial charge in [-0.2, -0.15) is 59.0 Å². The van der Waals surface area contributed by atoms with E-state index in [-0.39, 0.29) is 51.3 Å². The summed E-state index contributed by atoms with van der Waals surface area (Å²) in [5, 5.41) is 35.8. The van der Waals surface area contributed by atoms with E-state index in [4.69, 9.17) is 68.4 Å². The Morgan fingerprint density at radius 3 is 0.863 bits per heavy atom. The van der Waals surface area contributed by atoms with Crippen molar-refractivity contribution in [3.63, 3.8) is 0 Å². The molecule has 56 nitrogen and oxygen atoms in total. The van der Waals surface area contributed by atoms with Crippen LogP contribution >= 0.6 is 0 Å². The van der Waals surface area contributed by atoms with Crippen molar-refractivity contribution >= 4 is 147 Å². The number of nitrogens with two attached hydrogens (primary N) is 10. The van der Waals surface area contributed by atoms with Crippen LogP contribution in [0.5, 0.6) is 5.75 Å². The molecule has 0 aliphatic carbocycles. The average molecular weight is 1990 g/mol. The van der Waals surface area contributed by atoms with E-state index in [0.717, 1.165) is 6.92 Å². The summed E-state index contributed by atoms with van der Waals surface area (Å²) in [7, 11) is 1.42. The smallest absolute Gasteiger partial charge is 0.324 e. The Kier molecular flexibility index (Phi) is 61.1. The van der Waals surface area contributed by atoms with Crippen LogP contribution in [0.15, 0.2) is 24.3 Å². The third kappa shape index (κ3) is 51.6. The molecule has 0 saturated heterocycles. The predicted molar refractivity (Wildman–Crippen MR) is 463 cm³/mol. The van der Waals surface area contributed by atoms with Gasteiger partial charge in [-0.25, -0.2) is 0 Å². The second-order valence-electron chi connectivity index (χ2n) is 32.4. The molecule has 1 aromatic carbocycles. The number of ketones is 7. The van der Waals surface area contributed by atoms with E-state index in [1.165, 1.54) is 31.4 Å². The van der Waals surface area contributed by atoms with Crippen molar-refractivity contribution in [2.75, 3.05) is 26.9 Å². The van der Waals surface area contributed by atoms with E-state index in [9.17, 15) is 120 Å². The van der Waals surface area contributed by atoms with E-state index in [0.29, 0.717) is 5.56 Å². The van der Waals surface area contributed by atoms with Gasteiger partial charge in [0.25, 0.3) is 0 Å². The molecule has 0 bridgehead atoms. The lowest BCUT2D eigenvalue weighted by molar-refractivity contribution is -0.147. The number of carboxylic acids is 1. The number of phenols is 1. The van der Waals surface area contributed by atoms with E-state index in [1.54, 1.807) is 13.8 Å². The molecule has 56 heteroatoms. The molecule has 0 unspecified atom stereocenters. The highest BCUT2D eigenvalue weighted by Gasteiger charge is 2.41. The Morgan fingerprint density at radius 2 is 0.554 bits per heavy atom. The molecular formula is C83H127N17O39. The van der Waals surface area contributed by atoms with Crippen molar-refractivity contribution in [2.45, 2.75) is 262 Å². The fraction of sp³-hybridized carbons (Fsp3) is 0.627. The topological polar surface area (TPSA) is 922 Å². The van der Waals surface area contributed by atoms with Crippen LogP contribution in [0.25, 0.3) is 0 Å². The monoisotopic (exact) mass is 1990 g/mol. The van der Waals surface area contributed by atoms with E-state index < -0.39 is 405 Å². The predicted octanol–water partition coefficient (Wildman–Crippen LogP) is -5.70. The molecular weight excluding hydrogens is 1860 g/mol. The van der Waals surface area contributed by atoms with Crippen molar-refractivity contribution < 1.29 is 188 Å². The molecule has 1 rings (SSSR count). The first kappa shape index (κ1) is 124. The second kappa shape index (κ2) is 68.7. The number of aromatic hydroxyl groups is 1. The minimum atomic E-state index is -2.13. The normalized spacial score (nSPS) is 13.7. The number of carbonyl (C=O) groups excluding carboxylic acids is 24. The van der Waals surface area contributed by atoms with Gasteiger partial charge < -0.3 is 105 Å². The molecule has 0 heterocycles. The number of rotatable bonds is 75. The number of aliphatic carboxylic acids is 1. The quantitative estimate of drug-likeness (QED) is 0.0213. The lowest BCUT2D eigenvalue weighted by Gasteiger charge is -2.27. The van der Waals surface area contributed by atoms with Gasteiger partial charge in [-0.15, -0.1) is 0 Å². The van der Waals surface area contributed by atoms with Gasteiger partial charge in [-0.1, -0.05) is 26.0 Å². The summed E-state index contributed by atoms with van der Waals surface area (Å²) in [6.07, 6.45) is -21.8. The number of amides is 7. The van der Waals surface area contributed by atoms with Crippen molar-refractivity contribution in [1.29, 1.82) is 0 Å². The fourth-order valence-corrected chi connectivity index (χ4v) is 14.0. The molecule has 139 heavy (non-hydrogen) atoms. The Morgan fingerprint density at radius 1 is 0.288 bits per heavy atom. The second-order valence-corrected chi connectivity index (χ2v) is 32.4. The summed E-state index contributed by atoms with van der Waals surface area (Å²) in [6, 6.07) is -7.50. The maximum Gasteiger partial charge on any atom is 0.324 e. The molecule has 7 amide bonds. The number of Topliss-reactive ketones (excluding diaryl/α,β-unsaturated/α-hetero) is 7. The summed E-state index contributed by atoms with van der Waals surface area (Å²) in [5.41, 5.74) is 0.366. The van der Waals surface area contributed by atoms with Gasteiger partial charge >= 0.3 is 65.7 Å². The number of methoxy groups -OCH3 is 1. The Bertz CT molecular complexity index is 4330. The fourth-order valence-electron chi connectivity index (χ4n) is 14.0. The molecule has 0 aliphatic rings. The molecule has 0 spiro atoms. The van der Waals surface area contributed by atoms with Gasteiger partial charge in [-0.05, 0) is 107 Å². The lowest BCUT2D eigenvalue weighted by atomic mass is 9.78. The van der Waals surface area contributed by atoms with Crippen LogP contribution in [0.2, 0.25) is 0 Å². The maximum absolute atomic E-state index is 15.0. The Hall–Kier alpha value is -13.3. The molecule has 0 saturated carbocycles. The number of carboxylic acid groups (broad SMARTS) is 1. The number of nitrogens with one attached hydrogen (secondary N) is 7. The first-order valence-corrected chi connectivity index (χ1v) is 43.6. The highest BCUT2D eigenvalue weighted by atomic mass is 16.7. The summed E-state index contributed by atoms with van der Waals surface area (Å²) in [5.74, 6) is 11.5. The SMILES string of the molecule is COCCOCCCC(=O)[C@@H](CCC(=O)ON)NC(=O)[C@@H](CCC(=O)ON)NC(=O)[C@@H](CCC(=O)ON)NC(=O)[C@@H](CCC(=O)ON)NC(=O)[C@@H](CCC(=O)ON)NC(=O)[C@H](CCC(=O)ON)CC(=O)[C@H](CCC(=O)ON)CC(=O)[C@H](CCC(=O)ON)CC(=O)[C@H](CCC(=O)ON)CC(=O)[C@H](CCC(=O)ON)CC(=O)[C@@H](CC(C)C)NC(=O)[C@@H](CC(=O)[C@H](CC(=O)O)NC(C)=O)Cc1ccc(O)cc1. The Labute approximate surface area is 794 Å². The zero-order valence-electron chi connectivity index (χ0n) is 77.2. The number of ether oxygens (including phenoxy) is 2. The molecule has 0 aliphatic heterocycles. The summed E-state index contributed by atoms with van der Waals surface area (Å²) in [4.78, 5) is 382. The van der Waals surface area contributed by atoms with Crippen molar-refractivity contribution in [3.05, 3.63) is 29.8 Å². The van der Waals surface area contributed by atoms with Crippen LogP contribution in [0, 0.1) is 41.4 Å². The molecule has 0 fully saturated rings. The molecule has 13 atom stereocenters. The summed E-state index contributed by atoms with van der Waals surface area (Å²) >= 11 is 0. The minimum absolute atomic E-state index is 0.0333. The maximum atomic E-state index is 15.0. The van der Waals surface area contributed by atoms with Crippen LogP contribution in [0.3, 0.4) is 0 Å². The van der Waals surface area contributed by atoms with Crippen molar-refractivity contribution in [2.24, 2.45) is 100 Å². The van der Waals surface area contributed by atoms with Gasteiger partial charge in [-0.3, -0.25) is 120 Å². The van der Waals surface area contributed by atoms with Crippen LogP contribution < -0.4 is 96.2 Å². The first-order valence-electron chi connectivity index (χ1n) is 43.6. The van der Waals surface area contributed by atoms with Crippen LogP contribution in [0.4, 0.5) is 0 Å². The van der Waals surface area contributed by atoms with Crippen molar-refractivity contribution in [3.8, 4) is 5.75 Å². The largest absolute Gasteiger partial charge is 0.508 e. The zero-order valence-corrected chi connectivity index (χ0v) is 77.2. The number of phenolic OH excluding ortho intramolecular Hbond substituents is 1. The molecule has 1 aromatic rings. The highest BCUT2D eigenvalue weighted by Crippen LogP contribution is 2.31. The van der Waals surface area contributed by atoms with E-state index in [1.807, 2.05) is 0 Å². The molecule has 0 aromatic heterocycles. The number of carbonyl (C=O) groups is 25. The third-order valence-corrected chi connectivity index (χ3v) is 21.6. The van der Waals surface area contributed by atoms with Crippen molar-refractivity contribution in [1.82, 2.24) is 37.2 Å². The van der Waals surface area contributed by atoms with Gasteiger partial charge in [0.2, 0.25) is 41.4 Å². The van der Waals surface area contributed by atoms with E-state index in [2.05, 4.69) is 85.6 Å². The number of hydrogen-bond acceptors (Lipinski definition) is 48. The van der Waals surface area contributed by atoms with Crippen LogP contribution in [-0.4, -0.2) is 227 Å². The van der Waals surface area contributed by atoms with Gasteiger partial charge in [0.05, 0.1) is 37.8 Å². The zero-order chi connectivity index (χ0) is 105.